The van der Waals surface area contributed by atoms with Gasteiger partial charge in [-0.1, -0.05) is 63.9 Å². The molecule has 3 atom stereocenters. The zero-order chi connectivity index (χ0) is 24.1. The lowest BCUT2D eigenvalue weighted by molar-refractivity contribution is -0.122. The number of nitrogens with one attached hydrogen (secondary N) is 1. The average Bonchev–Trinajstić information content (AvgIpc) is 2.69. The lowest BCUT2D eigenvalue weighted by Gasteiger charge is -2.30. The van der Waals surface area contributed by atoms with Crippen LogP contribution < -0.4 is 10.6 Å². The van der Waals surface area contributed by atoms with E-state index in [1.807, 2.05) is 65.0 Å². The molecule has 2 N–H and O–H groups in total. The average molecular weight is 448 g/mol. The minimum Gasteiger partial charge on any atom is -0.444 e. The topological polar surface area (TPSA) is 89.7 Å². The van der Waals surface area contributed by atoms with Gasteiger partial charge in [-0.05, 0) is 57.4 Å². The molecular weight excluding hydrogens is 404 g/mol. The number of carbonyl (C=O) groups excluding carboxylic acids is 2. The van der Waals surface area contributed by atoms with Crippen LogP contribution in [0.4, 0.5) is 4.79 Å². The van der Waals surface area contributed by atoms with Crippen molar-refractivity contribution in [2.45, 2.75) is 104 Å². The Balaban J connectivity index is 2.88. The van der Waals surface area contributed by atoms with E-state index >= 15 is 0 Å². The van der Waals surface area contributed by atoms with Crippen molar-refractivity contribution in [2.24, 2.45) is 5.92 Å². The van der Waals surface area contributed by atoms with Crippen molar-refractivity contribution >= 4 is 12.0 Å². The van der Waals surface area contributed by atoms with Crippen molar-refractivity contribution in [2.75, 3.05) is 6.54 Å². The summed E-state index contributed by atoms with van der Waals surface area (Å²) in [4.78, 5) is 24.9. The molecule has 0 saturated heterocycles. The highest BCUT2D eigenvalue weighted by atomic mass is 16.6. The minimum absolute atomic E-state index is 0.136. The van der Waals surface area contributed by atoms with Crippen LogP contribution in [0.25, 0.3) is 0 Å². The zero-order valence-corrected chi connectivity index (χ0v) is 20.8. The van der Waals surface area contributed by atoms with Crippen molar-refractivity contribution < 1.29 is 19.4 Å². The van der Waals surface area contributed by atoms with Crippen LogP contribution in [0.5, 0.6) is 0 Å². The predicted molar refractivity (Wildman–Crippen MR) is 129 cm³/mol. The number of aliphatic hydroxyl groups excluding tert-OH is 1. The van der Waals surface area contributed by atoms with Crippen molar-refractivity contribution in [3.63, 3.8) is 0 Å². The number of alkyl carbamates (subject to hydrolysis) is 1. The first-order chi connectivity index (χ1) is 15.0. The van der Waals surface area contributed by atoms with E-state index in [2.05, 4.69) is 17.6 Å². The number of amides is 2. The number of ether oxygens (including phenoxy) is 1. The maximum absolute atomic E-state index is 12.5. The van der Waals surface area contributed by atoms with Gasteiger partial charge in [0.15, 0.2) is 0 Å². The zero-order valence-electron chi connectivity index (χ0n) is 20.8. The van der Waals surface area contributed by atoms with E-state index in [0.717, 1.165) is 24.8 Å². The summed E-state index contributed by atoms with van der Waals surface area (Å²) >= 11 is 0. The summed E-state index contributed by atoms with van der Waals surface area (Å²) < 4.78 is 5.39. The molecule has 0 spiro atoms. The molecule has 32 heavy (non-hydrogen) atoms. The Kier molecular flexibility index (Phi) is 12.4. The molecule has 1 rings (SSSR count). The number of benzene rings is 1. The van der Waals surface area contributed by atoms with Gasteiger partial charge in [-0.15, -0.1) is 0 Å². The summed E-state index contributed by atoms with van der Waals surface area (Å²) in [5, 5.41) is 18.1. The second-order valence-electron chi connectivity index (χ2n) is 9.98. The number of aliphatic hydroxyl groups is 1. The quantitative estimate of drug-likeness (QED) is 0.408. The third-order valence-electron chi connectivity index (χ3n) is 5.16. The fourth-order valence-electron chi connectivity index (χ4n) is 3.64. The largest absolute Gasteiger partial charge is 0.444 e. The maximum Gasteiger partial charge on any atom is 0.407 e. The van der Waals surface area contributed by atoms with Crippen molar-refractivity contribution in [3.05, 3.63) is 35.9 Å². The first-order valence-corrected chi connectivity index (χ1v) is 11.9. The van der Waals surface area contributed by atoms with E-state index in [0.29, 0.717) is 19.4 Å². The Hall–Kier alpha value is -2.08. The Labute approximate surface area is 194 Å². The molecule has 181 valence electrons. The maximum atomic E-state index is 12.5. The highest BCUT2D eigenvalue weighted by molar-refractivity contribution is 5.76. The molecule has 0 bridgehead atoms. The van der Waals surface area contributed by atoms with Crippen LogP contribution in [-0.4, -0.2) is 41.4 Å². The summed E-state index contributed by atoms with van der Waals surface area (Å²) in [6, 6.07) is 9.28. The van der Waals surface area contributed by atoms with E-state index in [1.54, 1.807) is 0 Å². The summed E-state index contributed by atoms with van der Waals surface area (Å²) in [5.74, 6) is -0.0404. The van der Waals surface area contributed by atoms with Gasteiger partial charge in [0.05, 0.1) is 12.1 Å². The van der Waals surface area contributed by atoms with E-state index < -0.39 is 23.8 Å². The van der Waals surface area contributed by atoms with Gasteiger partial charge < -0.3 is 15.2 Å². The first-order valence-electron chi connectivity index (χ1n) is 11.9. The van der Waals surface area contributed by atoms with Gasteiger partial charge in [-0.2, -0.15) is 0 Å². The fourth-order valence-corrected chi connectivity index (χ4v) is 3.64. The Morgan fingerprint density at radius 3 is 2.31 bits per heavy atom. The molecule has 2 unspecified atom stereocenters. The van der Waals surface area contributed by atoms with E-state index in [4.69, 9.17) is 4.74 Å². The molecule has 0 aliphatic heterocycles. The first kappa shape index (κ1) is 28.0. The second-order valence-corrected chi connectivity index (χ2v) is 9.98. The van der Waals surface area contributed by atoms with Gasteiger partial charge in [-0.25, -0.2) is 4.79 Å². The van der Waals surface area contributed by atoms with Crippen LogP contribution in [0.15, 0.2) is 30.3 Å². The number of unbranched alkanes of at least 4 members (excludes halogenated alkanes) is 2. The lowest BCUT2D eigenvalue weighted by atomic mass is 9.86. The van der Waals surface area contributed by atoms with Gasteiger partial charge in [0, 0.05) is 13.0 Å². The number of rotatable bonds is 13. The minimum atomic E-state index is -0.817. The third-order valence-corrected chi connectivity index (χ3v) is 5.16. The third kappa shape index (κ3) is 12.1. The highest BCUT2D eigenvalue weighted by Crippen LogP contribution is 2.27. The summed E-state index contributed by atoms with van der Waals surface area (Å²) in [7, 11) is 0. The SMILES string of the molecule is CCCCC[N]C(=O)CC(CC(O)[C@H](CC(C)C)NC(=O)OC(C)(C)C)c1ccccc1. The molecule has 0 aliphatic rings. The van der Waals surface area contributed by atoms with Gasteiger partial charge in [0.25, 0.3) is 0 Å². The number of hydrogen-bond acceptors (Lipinski definition) is 4. The second kappa shape index (κ2) is 14.1. The smallest absolute Gasteiger partial charge is 0.407 e. The highest BCUT2D eigenvalue weighted by Gasteiger charge is 2.29. The van der Waals surface area contributed by atoms with Crippen LogP contribution in [0.1, 0.15) is 91.5 Å². The van der Waals surface area contributed by atoms with Gasteiger partial charge in [0.2, 0.25) is 5.91 Å². The van der Waals surface area contributed by atoms with Crippen LogP contribution in [0.2, 0.25) is 0 Å². The molecule has 1 aromatic carbocycles. The monoisotopic (exact) mass is 447 g/mol. The van der Waals surface area contributed by atoms with E-state index in [1.165, 1.54) is 0 Å². The molecule has 0 aromatic heterocycles. The van der Waals surface area contributed by atoms with Crippen LogP contribution in [-0.2, 0) is 9.53 Å². The molecule has 0 aliphatic carbocycles. The summed E-state index contributed by atoms with van der Waals surface area (Å²) in [6.45, 7) is 12.2. The van der Waals surface area contributed by atoms with Crippen molar-refractivity contribution in [3.8, 4) is 0 Å². The predicted octanol–water partition coefficient (Wildman–Crippen LogP) is 5.17. The van der Waals surface area contributed by atoms with Crippen LogP contribution in [0, 0.1) is 5.92 Å². The molecule has 2 amide bonds. The number of hydrogen-bond donors (Lipinski definition) is 2. The molecule has 1 aromatic rings. The fraction of sp³-hybridized carbons (Fsp3) is 0.692. The Morgan fingerprint density at radius 2 is 1.75 bits per heavy atom. The van der Waals surface area contributed by atoms with Crippen molar-refractivity contribution in [1.82, 2.24) is 10.6 Å². The van der Waals surface area contributed by atoms with Gasteiger partial charge in [0.1, 0.15) is 5.60 Å². The summed E-state index contributed by atoms with van der Waals surface area (Å²) in [6.07, 6.45) is 2.91. The van der Waals surface area contributed by atoms with E-state index in [-0.39, 0.29) is 24.2 Å². The molecule has 0 heterocycles. The standard InChI is InChI=1S/C26H43N2O4/c1-7-8-12-15-27-24(30)18-21(20-13-10-9-11-14-20)17-23(29)22(16-19(2)3)28-25(31)32-26(4,5)6/h9-11,13-14,19,21-23,29H,7-8,12,15-18H2,1-6H3,(H,28,31)/t21?,22-,23?/m0/s1. The molecule has 6 nitrogen and oxygen atoms in total. The normalized spacial score (nSPS) is 14.5. The lowest BCUT2D eigenvalue weighted by Crippen LogP contribution is -2.46. The van der Waals surface area contributed by atoms with E-state index in [9.17, 15) is 14.7 Å². The van der Waals surface area contributed by atoms with Gasteiger partial charge >= 0.3 is 6.09 Å². The molecule has 1 radical (unpaired) electrons. The molecule has 0 saturated carbocycles. The Bertz CT molecular complexity index is 670. The van der Waals surface area contributed by atoms with Gasteiger partial charge in [-0.3, -0.25) is 10.1 Å². The molecular formula is C26H43N2O4. The van der Waals surface area contributed by atoms with Crippen molar-refractivity contribution in [1.29, 1.82) is 0 Å². The molecule has 6 heteroatoms. The summed E-state index contributed by atoms with van der Waals surface area (Å²) in [5.41, 5.74) is 0.375. The number of carbonyl (C=O) groups is 2. The molecule has 0 fully saturated rings. The van der Waals surface area contributed by atoms with Crippen LogP contribution >= 0.6 is 0 Å². The van der Waals surface area contributed by atoms with Crippen LogP contribution in [0.3, 0.4) is 0 Å². The Morgan fingerprint density at radius 1 is 1.09 bits per heavy atom. The number of nitrogens with zero attached hydrogens (tertiary/aromatic N) is 1.